The van der Waals surface area contributed by atoms with Crippen molar-refractivity contribution in [2.75, 3.05) is 13.2 Å². The minimum atomic E-state index is -0.502. The van der Waals surface area contributed by atoms with E-state index in [2.05, 4.69) is 5.32 Å². The quantitative estimate of drug-likeness (QED) is 0.724. The van der Waals surface area contributed by atoms with Crippen molar-refractivity contribution in [1.82, 2.24) is 5.32 Å². The number of aliphatic hydroxyl groups excluding tert-OH is 1. The topological polar surface area (TPSA) is 58.6 Å². The van der Waals surface area contributed by atoms with Crippen molar-refractivity contribution in [3.63, 3.8) is 0 Å². The first-order valence-corrected chi connectivity index (χ1v) is 6.22. The molecular weight excluding hydrogens is 230 g/mol. The molecule has 4 nitrogen and oxygen atoms in total. The number of ether oxygens (including phenoxy) is 1. The summed E-state index contributed by atoms with van der Waals surface area (Å²) in [7, 11) is 0. The number of carbonyl (C=O) groups excluding carboxylic acids is 1. The molecule has 0 radical (unpaired) electrons. The summed E-state index contributed by atoms with van der Waals surface area (Å²) in [5, 5.41) is 11.7. The lowest BCUT2D eigenvalue weighted by atomic mass is 10.2. The van der Waals surface area contributed by atoms with Crippen LogP contribution in [0.15, 0.2) is 24.3 Å². The van der Waals surface area contributed by atoms with Crippen molar-refractivity contribution in [2.45, 2.75) is 32.8 Å². The second kappa shape index (κ2) is 7.71. The molecule has 4 heteroatoms. The lowest BCUT2D eigenvalue weighted by Gasteiger charge is -2.08. The summed E-state index contributed by atoms with van der Waals surface area (Å²) in [6.07, 6.45) is 0.579. The maximum absolute atomic E-state index is 11.3. The highest BCUT2D eigenvalue weighted by molar-refractivity contribution is 5.75. The van der Waals surface area contributed by atoms with Crippen LogP contribution in [0.1, 0.15) is 25.3 Å². The second-order valence-electron chi connectivity index (χ2n) is 4.42. The third-order valence-electron chi connectivity index (χ3n) is 2.40. The fraction of sp³-hybridized carbons (Fsp3) is 0.500. The number of hydrogen-bond donors (Lipinski definition) is 2. The van der Waals surface area contributed by atoms with Gasteiger partial charge in [-0.3, -0.25) is 4.79 Å². The lowest BCUT2D eigenvalue weighted by Crippen LogP contribution is -2.30. The van der Waals surface area contributed by atoms with Crippen molar-refractivity contribution in [3.8, 4) is 5.75 Å². The van der Waals surface area contributed by atoms with E-state index in [0.717, 1.165) is 11.3 Å². The molecule has 1 aromatic rings. The molecule has 0 unspecified atom stereocenters. The molecule has 0 aliphatic rings. The van der Waals surface area contributed by atoms with Crippen LogP contribution in [0.3, 0.4) is 0 Å². The standard InChI is InChI=1S/C14H21NO3/c1-11-5-3-6-13(9-11)18-8-4-7-14(17)15-10-12(2)16/h3,5-6,9,12,16H,4,7-8,10H2,1-2H3,(H,15,17)/t12-/m0/s1. The van der Waals surface area contributed by atoms with E-state index < -0.39 is 6.10 Å². The minimum absolute atomic E-state index is 0.0521. The predicted octanol–water partition coefficient (Wildman–Crippen LogP) is 1.65. The van der Waals surface area contributed by atoms with Crippen molar-refractivity contribution < 1.29 is 14.6 Å². The fourth-order valence-corrected chi connectivity index (χ4v) is 1.48. The van der Waals surface area contributed by atoms with Crippen molar-refractivity contribution in [1.29, 1.82) is 0 Å². The van der Waals surface area contributed by atoms with E-state index in [9.17, 15) is 4.79 Å². The number of hydrogen-bond acceptors (Lipinski definition) is 3. The number of carbonyl (C=O) groups is 1. The van der Waals surface area contributed by atoms with Crippen molar-refractivity contribution in [3.05, 3.63) is 29.8 Å². The van der Waals surface area contributed by atoms with Gasteiger partial charge in [0.2, 0.25) is 5.91 Å². The molecule has 0 saturated heterocycles. The Labute approximate surface area is 108 Å². The smallest absolute Gasteiger partial charge is 0.220 e. The van der Waals surface area contributed by atoms with E-state index in [1.165, 1.54) is 0 Å². The first-order valence-electron chi connectivity index (χ1n) is 6.22. The van der Waals surface area contributed by atoms with Gasteiger partial charge in [0.15, 0.2) is 0 Å². The Hall–Kier alpha value is -1.55. The number of benzene rings is 1. The SMILES string of the molecule is Cc1cccc(OCCCC(=O)NC[C@H](C)O)c1. The van der Waals surface area contributed by atoms with Crippen LogP contribution in [0.2, 0.25) is 0 Å². The van der Waals surface area contributed by atoms with Crippen LogP contribution in [0, 0.1) is 6.92 Å². The minimum Gasteiger partial charge on any atom is -0.494 e. The Morgan fingerprint density at radius 3 is 2.94 bits per heavy atom. The maximum atomic E-state index is 11.3. The van der Waals surface area contributed by atoms with Gasteiger partial charge in [-0.1, -0.05) is 12.1 Å². The van der Waals surface area contributed by atoms with Crippen LogP contribution in [0.25, 0.3) is 0 Å². The molecule has 0 spiro atoms. The average Bonchev–Trinajstić information content (AvgIpc) is 2.32. The largest absolute Gasteiger partial charge is 0.494 e. The summed E-state index contributed by atoms with van der Waals surface area (Å²) in [5.41, 5.74) is 1.15. The summed E-state index contributed by atoms with van der Waals surface area (Å²) in [6, 6.07) is 7.82. The summed E-state index contributed by atoms with van der Waals surface area (Å²) in [5.74, 6) is 0.781. The Balaban J connectivity index is 2.13. The van der Waals surface area contributed by atoms with Crippen molar-refractivity contribution >= 4 is 5.91 Å². The van der Waals surface area contributed by atoms with Crippen LogP contribution >= 0.6 is 0 Å². The van der Waals surface area contributed by atoms with Gasteiger partial charge in [-0.25, -0.2) is 0 Å². The normalized spacial score (nSPS) is 11.9. The molecule has 0 heterocycles. The van der Waals surface area contributed by atoms with E-state index in [0.29, 0.717) is 26.0 Å². The Morgan fingerprint density at radius 2 is 2.28 bits per heavy atom. The van der Waals surface area contributed by atoms with E-state index in [1.807, 2.05) is 31.2 Å². The van der Waals surface area contributed by atoms with E-state index in [-0.39, 0.29) is 5.91 Å². The molecule has 2 N–H and O–H groups in total. The molecule has 0 aromatic heterocycles. The summed E-state index contributed by atoms with van der Waals surface area (Å²) < 4.78 is 5.53. The zero-order chi connectivity index (χ0) is 13.4. The van der Waals surface area contributed by atoms with Crippen LogP contribution in [0.5, 0.6) is 5.75 Å². The third kappa shape index (κ3) is 6.25. The molecule has 1 rings (SSSR count). The number of aliphatic hydroxyl groups is 1. The zero-order valence-electron chi connectivity index (χ0n) is 11.0. The number of amides is 1. The van der Waals surface area contributed by atoms with E-state index in [1.54, 1.807) is 6.92 Å². The van der Waals surface area contributed by atoms with Gasteiger partial charge in [-0.05, 0) is 38.0 Å². The highest BCUT2D eigenvalue weighted by atomic mass is 16.5. The molecule has 0 aliphatic carbocycles. The molecule has 100 valence electrons. The molecule has 1 aromatic carbocycles. The molecule has 1 amide bonds. The highest BCUT2D eigenvalue weighted by Gasteiger charge is 2.03. The third-order valence-corrected chi connectivity index (χ3v) is 2.40. The van der Waals surface area contributed by atoms with Crippen LogP contribution < -0.4 is 10.1 Å². The Bertz CT molecular complexity index is 377. The van der Waals surface area contributed by atoms with Gasteiger partial charge in [-0.15, -0.1) is 0 Å². The average molecular weight is 251 g/mol. The molecule has 1 atom stereocenters. The van der Waals surface area contributed by atoms with E-state index in [4.69, 9.17) is 9.84 Å². The monoisotopic (exact) mass is 251 g/mol. The lowest BCUT2D eigenvalue weighted by molar-refractivity contribution is -0.121. The zero-order valence-corrected chi connectivity index (χ0v) is 11.0. The van der Waals surface area contributed by atoms with Gasteiger partial charge in [-0.2, -0.15) is 0 Å². The molecule has 0 aliphatic heterocycles. The molecule has 18 heavy (non-hydrogen) atoms. The van der Waals surface area contributed by atoms with Crippen LogP contribution in [-0.2, 0) is 4.79 Å². The van der Waals surface area contributed by atoms with E-state index >= 15 is 0 Å². The highest BCUT2D eigenvalue weighted by Crippen LogP contribution is 2.12. The molecule has 0 fully saturated rings. The number of nitrogens with one attached hydrogen (secondary N) is 1. The second-order valence-corrected chi connectivity index (χ2v) is 4.42. The first-order chi connectivity index (χ1) is 8.58. The molecule has 0 saturated carbocycles. The predicted molar refractivity (Wildman–Crippen MR) is 70.6 cm³/mol. The first kappa shape index (κ1) is 14.5. The summed E-state index contributed by atoms with van der Waals surface area (Å²) in [4.78, 5) is 11.3. The molecule has 0 bridgehead atoms. The van der Waals surface area contributed by atoms with Gasteiger partial charge in [0.05, 0.1) is 12.7 Å². The molecular formula is C14H21NO3. The Kier molecular flexibility index (Phi) is 6.22. The fourth-order valence-electron chi connectivity index (χ4n) is 1.48. The van der Waals surface area contributed by atoms with Gasteiger partial charge in [0.1, 0.15) is 5.75 Å². The Morgan fingerprint density at radius 1 is 1.50 bits per heavy atom. The van der Waals surface area contributed by atoms with Gasteiger partial charge in [0, 0.05) is 13.0 Å². The number of rotatable bonds is 7. The van der Waals surface area contributed by atoms with Crippen LogP contribution in [0.4, 0.5) is 0 Å². The summed E-state index contributed by atoms with van der Waals surface area (Å²) in [6.45, 7) is 4.47. The van der Waals surface area contributed by atoms with Gasteiger partial charge < -0.3 is 15.2 Å². The van der Waals surface area contributed by atoms with Crippen molar-refractivity contribution in [2.24, 2.45) is 0 Å². The van der Waals surface area contributed by atoms with Gasteiger partial charge >= 0.3 is 0 Å². The van der Waals surface area contributed by atoms with Crippen LogP contribution in [-0.4, -0.2) is 30.3 Å². The summed E-state index contributed by atoms with van der Waals surface area (Å²) >= 11 is 0. The maximum Gasteiger partial charge on any atom is 0.220 e. The number of aryl methyl sites for hydroxylation is 1. The van der Waals surface area contributed by atoms with Gasteiger partial charge in [0.25, 0.3) is 0 Å².